The van der Waals surface area contributed by atoms with Crippen LogP contribution in [0.2, 0.25) is 0 Å². The number of rotatable bonds is 1. The van der Waals surface area contributed by atoms with Gasteiger partial charge in [0.2, 0.25) is 0 Å². The van der Waals surface area contributed by atoms with Crippen LogP contribution in [0.3, 0.4) is 0 Å². The molecule has 0 unspecified atom stereocenters. The summed E-state index contributed by atoms with van der Waals surface area (Å²) in [6, 6.07) is 6.11. The van der Waals surface area contributed by atoms with Crippen molar-refractivity contribution in [2.75, 3.05) is 0 Å². The molecule has 0 fully saturated rings. The van der Waals surface area contributed by atoms with Crippen molar-refractivity contribution in [2.45, 2.75) is 6.92 Å². The second-order valence-electron chi connectivity index (χ2n) is 3.22. The lowest BCUT2D eigenvalue weighted by atomic mass is 10.3. The van der Waals surface area contributed by atoms with Crippen molar-refractivity contribution in [2.24, 2.45) is 0 Å². The largest absolute Gasteiger partial charge is 0.245 e. The molecule has 0 saturated carbocycles. The van der Waals surface area contributed by atoms with Crippen LogP contribution in [-0.2, 0) is 0 Å². The summed E-state index contributed by atoms with van der Waals surface area (Å²) in [6.45, 7) is 1.93. The number of fused-ring (bicyclic) bond motifs is 1. The molecule has 0 saturated heterocycles. The Morgan fingerprint density at radius 1 is 1.27 bits per heavy atom. The Morgan fingerprint density at radius 3 is 3.00 bits per heavy atom. The molecule has 0 spiro atoms. The van der Waals surface area contributed by atoms with Gasteiger partial charge in [-0.2, -0.15) is 5.10 Å². The second-order valence-corrected chi connectivity index (χ2v) is 4.11. The zero-order valence-electron chi connectivity index (χ0n) is 8.08. The van der Waals surface area contributed by atoms with Gasteiger partial charge in [-0.15, -0.1) is 11.3 Å². The summed E-state index contributed by atoms with van der Waals surface area (Å²) in [4.78, 5) is 8.37. The van der Waals surface area contributed by atoms with Crippen LogP contribution in [0.15, 0.2) is 30.0 Å². The predicted molar refractivity (Wildman–Crippen MR) is 59.3 cm³/mol. The summed E-state index contributed by atoms with van der Waals surface area (Å²) in [7, 11) is 0. The van der Waals surface area contributed by atoms with E-state index in [4.69, 9.17) is 0 Å². The third-order valence-electron chi connectivity index (χ3n) is 2.28. The van der Waals surface area contributed by atoms with Crippen LogP contribution in [0.5, 0.6) is 0 Å². The maximum absolute atomic E-state index is 4.28. The molecule has 1 aromatic carbocycles. The average Bonchev–Trinajstić information content (AvgIpc) is 2.84. The molecule has 0 aliphatic carbocycles. The Kier molecular flexibility index (Phi) is 1.78. The maximum Gasteiger partial charge on any atom is 0.138 e. The van der Waals surface area contributed by atoms with Crippen molar-refractivity contribution >= 4 is 21.6 Å². The van der Waals surface area contributed by atoms with Crippen molar-refractivity contribution in [1.82, 2.24) is 19.7 Å². The van der Waals surface area contributed by atoms with Gasteiger partial charge in [0.25, 0.3) is 0 Å². The highest BCUT2D eigenvalue weighted by Gasteiger charge is 2.03. The van der Waals surface area contributed by atoms with Gasteiger partial charge in [0, 0.05) is 0 Å². The summed E-state index contributed by atoms with van der Waals surface area (Å²) in [5.74, 6) is 0.879. The van der Waals surface area contributed by atoms with Crippen LogP contribution in [0.4, 0.5) is 0 Å². The third kappa shape index (κ3) is 1.32. The highest BCUT2D eigenvalue weighted by Crippen LogP contribution is 2.20. The van der Waals surface area contributed by atoms with Gasteiger partial charge < -0.3 is 0 Å². The fraction of sp³-hybridized carbons (Fsp3) is 0.100. The second kappa shape index (κ2) is 3.13. The third-order valence-corrected chi connectivity index (χ3v) is 3.09. The quantitative estimate of drug-likeness (QED) is 0.626. The first-order valence-corrected chi connectivity index (χ1v) is 5.43. The van der Waals surface area contributed by atoms with Crippen LogP contribution in [-0.4, -0.2) is 19.7 Å². The van der Waals surface area contributed by atoms with Gasteiger partial charge in [-0.1, -0.05) is 0 Å². The van der Waals surface area contributed by atoms with E-state index in [0.717, 1.165) is 17.0 Å². The highest BCUT2D eigenvalue weighted by atomic mass is 32.1. The summed E-state index contributed by atoms with van der Waals surface area (Å²) in [5.41, 5.74) is 3.86. The first-order chi connectivity index (χ1) is 7.34. The topological polar surface area (TPSA) is 43.6 Å². The van der Waals surface area contributed by atoms with Gasteiger partial charge in [-0.05, 0) is 25.1 Å². The lowest BCUT2D eigenvalue weighted by Gasteiger charge is -2.01. The minimum absolute atomic E-state index is 0.879. The molecule has 5 heteroatoms. The molecule has 74 valence electrons. The van der Waals surface area contributed by atoms with Gasteiger partial charge >= 0.3 is 0 Å². The van der Waals surface area contributed by atoms with E-state index in [0.29, 0.717) is 0 Å². The molecule has 0 N–H and O–H groups in total. The number of nitrogens with zero attached hydrogens (tertiary/aromatic N) is 4. The molecule has 0 bridgehead atoms. The lowest BCUT2D eigenvalue weighted by Crippen LogP contribution is -1.98. The number of thiazole rings is 1. The summed E-state index contributed by atoms with van der Waals surface area (Å²) < 4.78 is 3.00. The number of hydrogen-bond donors (Lipinski definition) is 0. The smallest absolute Gasteiger partial charge is 0.138 e. The van der Waals surface area contributed by atoms with Crippen LogP contribution in [0.1, 0.15) is 5.82 Å². The van der Waals surface area contributed by atoms with Crippen LogP contribution in [0.25, 0.3) is 15.9 Å². The van der Waals surface area contributed by atoms with E-state index in [9.17, 15) is 0 Å². The number of aryl methyl sites for hydroxylation is 1. The Labute approximate surface area is 90.2 Å². The molecule has 0 atom stereocenters. The summed E-state index contributed by atoms with van der Waals surface area (Å²) in [6.07, 6.45) is 1.56. The highest BCUT2D eigenvalue weighted by molar-refractivity contribution is 7.16. The van der Waals surface area contributed by atoms with Gasteiger partial charge in [0.05, 0.1) is 21.4 Å². The Balaban J connectivity index is 2.23. The minimum atomic E-state index is 0.879. The van der Waals surface area contributed by atoms with E-state index in [1.165, 1.54) is 4.70 Å². The average molecular weight is 216 g/mol. The molecule has 2 heterocycles. The minimum Gasteiger partial charge on any atom is -0.245 e. The summed E-state index contributed by atoms with van der Waals surface area (Å²) in [5, 5.41) is 4.16. The van der Waals surface area contributed by atoms with E-state index in [1.807, 2.05) is 24.6 Å². The van der Waals surface area contributed by atoms with Crippen molar-refractivity contribution < 1.29 is 0 Å². The van der Waals surface area contributed by atoms with E-state index < -0.39 is 0 Å². The van der Waals surface area contributed by atoms with E-state index >= 15 is 0 Å². The molecule has 2 aromatic heterocycles. The van der Waals surface area contributed by atoms with Gasteiger partial charge in [0.1, 0.15) is 12.2 Å². The Morgan fingerprint density at radius 2 is 2.20 bits per heavy atom. The maximum atomic E-state index is 4.28. The van der Waals surface area contributed by atoms with Crippen molar-refractivity contribution in [3.8, 4) is 5.69 Å². The molecule has 15 heavy (non-hydrogen) atoms. The monoisotopic (exact) mass is 216 g/mol. The predicted octanol–water partition coefficient (Wildman–Crippen LogP) is 2.19. The molecule has 0 aliphatic heterocycles. The first-order valence-electron chi connectivity index (χ1n) is 4.55. The number of aromatic nitrogens is 4. The normalized spacial score (nSPS) is 11.0. The first kappa shape index (κ1) is 8.55. The lowest BCUT2D eigenvalue weighted by molar-refractivity contribution is 0.841. The van der Waals surface area contributed by atoms with Gasteiger partial charge in [0.15, 0.2) is 0 Å². The fourth-order valence-corrected chi connectivity index (χ4v) is 2.19. The number of hydrogen-bond acceptors (Lipinski definition) is 4. The van der Waals surface area contributed by atoms with Gasteiger partial charge in [-0.25, -0.2) is 14.6 Å². The molecule has 0 aliphatic rings. The van der Waals surface area contributed by atoms with Crippen molar-refractivity contribution in [3.63, 3.8) is 0 Å². The van der Waals surface area contributed by atoms with Gasteiger partial charge in [-0.3, -0.25) is 0 Å². The van der Waals surface area contributed by atoms with Crippen LogP contribution >= 0.6 is 11.3 Å². The molecule has 3 rings (SSSR count). The molecule has 0 amide bonds. The molecule has 3 aromatic rings. The standard InChI is InChI=1S/C10H8N4S/c1-7-11-5-13-14(7)8-2-3-10-9(4-8)12-6-15-10/h2-6H,1H3. The molecule has 0 radical (unpaired) electrons. The van der Waals surface area contributed by atoms with E-state index in [1.54, 1.807) is 22.3 Å². The SMILES string of the molecule is Cc1ncnn1-c1ccc2scnc2c1. The van der Waals surface area contributed by atoms with Crippen molar-refractivity contribution in [1.29, 1.82) is 0 Å². The van der Waals surface area contributed by atoms with Crippen LogP contribution in [0, 0.1) is 6.92 Å². The fourth-order valence-electron chi connectivity index (χ4n) is 1.53. The zero-order valence-corrected chi connectivity index (χ0v) is 8.90. The van der Waals surface area contributed by atoms with E-state index in [2.05, 4.69) is 21.1 Å². The van der Waals surface area contributed by atoms with Crippen molar-refractivity contribution in [3.05, 3.63) is 35.9 Å². The van der Waals surface area contributed by atoms with Crippen LogP contribution < -0.4 is 0 Å². The molecular weight excluding hydrogens is 208 g/mol. The summed E-state index contributed by atoms with van der Waals surface area (Å²) >= 11 is 1.64. The number of benzene rings is 1. The zero-order chi connectivity index (χ0) is 10.3. The van der Waals surface area contributed by atoms with E-state index in [-0.39, 0.29) is 0 Å². The molecule has 4 nitrogen and oxygen atoms in total. The Hall–Kier alpha value is -1.75. The Bertz CT molecular complexity index is 610. The molecular formula is C10H8N4S.